The molecule has 0 aliphatic carbocycles. The molecule has 0 saturated heterocycles. The molecular formula is C13H14BrN3O3. The number of H-pyrrole nitrogens is 1. The fraction of sp³-hybridized carbons (Fsp3) is 0.231. The smallest absolute Gasteiger partial charge is 0.251 e. The molecule has 0 aliphatic rings. The van der Waals surface area contributed by atoms with E-state index in [9.17, 15) is 4.79 Å². The Balaban J connectivity index is 2.16. The van der Waals surface area contributed by atoms with Crippen molar-refractivity contribution in [2.45, 2.75) is 6.54 Å². The Kier molecular flexibility index (Phi) is 4.62. The highest BCUT2D eigenvalue weighted by molar-refractivity contribution is 9.10. The molecule has 6 nitrogen and oxygen atoms in total. The second kappa shape index (κ2) is 6.42. The van der Waals surface area contributed by atoms with Crippen LogP contribution >= 0.6 is 15.9 Å². The van der Waals surface area contributed by atoms with Gasteiger partial charge in [-0.15, -0.1) is 0 Å². The standard InChI is InChI=1S/C13H14BrN3O3/c1-19-10-3-9(4-11(20-2)12(10)14)13(18)15-5-8-6-16-17-7-8/h3-4,6-7H,5H2,1-2H3,(H,15,18)(H,16,17). The van der Waals surface area contributed by atoms with Crippen molar-refractivity contribution in [3.63, 3.8) is 0 Å². The first kappa shape index (κ1) is 14.4. The molecule has 106 valence electrons. The first-order chi connectivity index (χ1) is 9.65. The molecule has 0 unspecified atom stereocenters. The molecule has 0 saturated carbocycles. The highest BCUT2D eigenvalue weighted by atomic mass is 79.9. The molecule has 1 heterocycles. The number of nitrogens with one attached hydrogen (secondary N) is 2. The van der Waals surface area contributed by atoms with Crippen LogP contribution in [0.25, 0.3) is 0 Å². The highest BCUT2D eigenvalue weighted by Gasteiger charge is 2.14. The summed E-state index contributed by atoms with van der Waals surface area (Å²) in [6.45, 7) is 0.399. The maximum atomic E-state index is 12.1. The van der Waals surface area contributed by atoms with Gasteiger partial charge in [0.05, 0.1) is 20.4 Å². The van der Waals surface area contributed by atoms with E-state index in [1.165, 1.54) is 14.2 Å². The number of halogens is 1. The Morgan fingerprint density at radius 3 is 2.50 bits per heavy atom. The third-order valence-electron chi connectivity index (χ3n) is 2.72. The number of nitrogens with zero attached hydrogens (tertiary/aromatic N) is 1. The zero-order chi connectivity index (χ0) is 14.5. The van der Waals surface area contributed by atoms with E-state index in [1.54, 1.807) is 24.5 Å². The molecule has 0 aliphatic heterocycles. The number of aromatic amines is 1. The summed E-state index contributed by atoms with van der Waals surface area (Å²) in [5, 5.41) is 9.30. The average molecular weight is 340 g/mol. The van der Waals surface area contributed by atoms with Crippen LogP contribution in [0.3, 0.4) is 0 Å². The van der Waals surface area contributed by atoms with Gasteiger partial charge in [-0.3, -0.25) is 9.89 Å². The minimum atomic E-state index is -0.213. The first-order valence-electron chi connectivity index (χ1n) is 5.83. The lowest BCUT2D eigenvalue weighted by molar-refractivity contribution is 0.0950. The Morgan fingerprint density at radius 2 is 2.00 bits per heavy atom. The van der Waals surface area contributed by atoms with Crippen molar-refractivity contribution in [3.8, 4) is 11.5 Å². The highest BCUT2D eigenvalue weighted by Crippen LogP contribution is 2.35. The van der Waals surface area contributed by atoms with Crippen molar-refractivity contribution < 1.29 is 14.3 Å². The Morgan fingerprint density at radius 1 is 1.35 bits per heavy atom. The predicted octanol–water partition coefficient (Wildman–Crippen LogP) is 2.12. The zero-order valence-electron chi connectivity index (χ0n) is 11.1. The maximum Gasteiger partial charge on any atom is 0.251 e. The first-order valence-corrected chi connectivity index (χ1v) is 6.62. The molecule has 2 aromatic rings. The van der Waals surface area contributed by atoms with E-state index < -0.39 is 0 Å². The van der Waals surface area contributed by atoms with Crippen LogP contribution in [-0.2, 0) is 6.54 Å². The topological polar surface area (TPSA) is 76.2 Å². The van der Waals surface area contributed by atoms with Crippen molar-refractivity contribution in [3.05, 3.63) is 40.1 Å². The van der Waals surface area contributed by atoms with Crippen LogP contribution in [0.4, 0.5) is 0 Å². The van der Waals surface area contributed by atoms with Crippen molar-refractivity contribution in [1.29, 1.82) is 0 Å². The monoisotopic (exact) mass is 339 g/mol. The largest absolute Gasteiger partial charge is 0.495 e. The molecule has 1 aromatic heterocycles. The van der Waals surface area contributed by atoms with Crippen LogP contribution in [0.2, 0.25) is 0 Å². The van der Waals surface area contributed by atoms with Gasteiger partial charge in [-0.05, 0) is 28.1 Å². The van der Waals surface area contributed by atoms with Gasteiger partial charge in [0.25, 0.3) is 5.91 Å². The van der Waals surface area contributed by atoms with Gasteiger partial charge in [0.2, 0.25) is 0 Å². The number of hydrogen-bond donors (Lipinski definition) is 2. The van der Waals surface area contributed by atoms with Gasteiger partial charge in [-0.1, -0.05) is 0 Å². The predicted molar refractivity (Wildman–Crippen MR) is 77.0 cm³/mol. The van der Waals surface area contributed by atoms with Crippen molar-refractivity contribution in [2.75, 3.05) is 14.2 Å². The van der Waals surface area contributed by atoms with E-state index in [2.05, 4.69) is 31.4 Å². The Labute approximate surface area is 124 Å². The summed E-state index contributed by atoms with van der Waals surface area (Å²) in [5.74, 6) is 0.867. The second-order valence-corrected chi connectivity index (χ2v) is 4.78. The van der Waals surface area contributed by atoms with Crippen molar-refractivity contribution in [2.24, 2.45) is 0 Å². The van der Waals surface area contributed by atoms with Gasteiger partial charge in [0.15, 0.2) is 0 Å². The van der Waals surface area contributed by atoms with E-state index >= 15 is 0 Å². The van der Waals surface area contributed by atoms with Gasteiger partial charge in [-0.25, -0.2) is 0 Å². The van der Waals surface area contributed by atoms with Gasteiger partial charge >= 0.3 is 0 Å². The quantitative estimate of drug-likeness (QED) is 0.874. The van der Waals surface area contributed by atoms with Crippen LogP contribution < -0.4 is 14.8 Å². The van der Waals surface area contributed by atoms with E-state index in [0.717, 1.165) is 5.56 Å². The molecule has 7 heteroatoms. The van der Waals surface area contributed by atoms with Crippen molar-refractivity contribution >= 4 is 21.8 Å². The number of amides is 1. The molecule has 0 atom stereocenters. The third-order valence-corrected chi connectivity index (χ3v) is 3.50. The van der Waals surface area contributed by atoms with Gasteiger partial charge < -0.3 is 14.8 Å². The lowest BCUT2D eigenvalue weighted by Gasteiger charge is -2.11. The van der Waals surface area contributed by atoms with Gasteiger partial charge in [0, 0.05) is 23.9 Å². The molecular weight excluding hydrogens is 326 g/mol. The SMILES string of the molecule is COc1cc(C(=O)NCc2cn[nH]c2)cc(OC)c1Br. The van der Waals surface area contributed by atoms with E-state index in [-0.39, 0.29) is 5.91 Å². The summed E-state index contributed by atoms with van der Waals surface area (Å²) in [7, 11) is 3.07. The fourth-order valence-electron chi connectivity index (χ4n) is 1.66. The number of aromatic nitrogens is 2. The van der Waals surface area contributed by atoms with Crippen LogP contribution in [0.1, 0.15) is 15.9 Å². The van der Waals surface area contributed by atoms with Crippen LogP contribution in [0, 0.1) is 0 Å². The molecule has 2 N–H and O–H groups in total. The number of carbonyl (C=O) groups excluding carboxylic acids is 1. The maximum absolute atomic E-state index is 12.1. The molecule has 0 radical (unpaired) electrons. The molecule has 20 heavy (non-hydrogen) atoms. The summed E-state index contributed by atoms with van der Waals surface area (Å²) in [4.78, 5) is 12.1. The van der Waals surface area contributed by atoms with E-state index in [1.807, 2.05) is 0 Å². The minimum absolute atomic E-state index is 0.213. The van der Waals surface area contributed by atoms with Gasteiger partial charge in [-0.2, -0.15) is 5.10 Å². The van der Waals surface area contributed by atoms with Crippen LogP contribution in [0.15, 0.2) is 29.0 Å². The lowest BCUT2D eigenvalue weighted by Crippen LogP contribution is -2.22. The van der Waals surface area contributed by atoms with Gasteiger partial charge in [0.1, 0.15) is 16.0 Å². The van der Waals surface area contributed by atoms with Crippen LogP contribution in [0.5, 0.6) is 11.5 Å². The zero-order valence-corrected chi connectivity index (χ0v) is 12.7. The number of hydrogen-bond acceptors (Lipinski definition) is 4. The second-order valence-electron chi connectivity index (χ2n) is 3.98. The molecule has 1 amide bonds. The summed E-state index contributed by atoms with van der Waals surface area (Å²) < 4.78 is 11.1. The van der Waals surface area contributed by atoms with Crippen LogP contribution in [-0.4, -0.2) is 30.3 Å². The number of benzene rings is 1. The summed E-state index contributed by atoms with van der Waals surface area (Å²) in [6, 6.07) is 3.30. The normalized spacial score (nSPS) is 10.2. The summed E-state index contributed by atoms with van der Waals surface area (Å²) in [6.07, 6.45) is 3.38. The number of methoxy groups -OCH3 is 2. The van der Waals surface area contributed by atoms with E-state index in [4.69, 9.17) is 9.47 Å². The third kappa shape index (κ3) is 3.11. The van der Waals surface area contributed by atoms with Crippen molar-refractivity contribution in [1.82, 2.24) is 15.5 Å². The average Bonchev–Trinajstić information content (AvgIpc) is 2.98. The van der Waals surface area contributed by atoms with E-state index in [0.29, 0.717) is 28.1 Å². The molecule has 0 spiro atoms. The summed E-state index contributed by atoms with van der Waals surface area (Å²) >= 11 is 3.36. The molecule has 0 bridgehead atoms. The number of ether oxygens (including phenoxy) is 2. The summed E-state index contributed by atoms with van der Waals surface area (Å²) in [5.41, 5.74) is 1.36. The Bertz CT molecular complexity index is 574. The lowest BCUT2D eigenvalue weighted by atomic mass is 10.2. The number of rotatable bonds is 5. The number of carbonyl (C=O) groups is 1. The Hall–Kier alpha value is -2.02. The minimum Gasteiger partial charge on any atom is -0.495 e. The molecule has 1 aromatic carbocycles. The molecule has 2 rings (SSSR count). The molecule has 0 fully saturated rings. The fourth-order valence-corrected chi connectivity index (χ4v) is 2.21.